The highest BCUT2D eigenvalue weighted by atomic mass is 19.2. The zero-order chi connectivity index (χ0) is 19.6. The van der Waals surface area contributed by atoms with Gasteiger partial charge in [0.25, 0.3) is 5.56 Å². The molecule has 0 radical (unpaired) electrons. The monoisotopic (exact) mass is 369 g/mol. The maximum absolute atomic E-state index is 13.4. The number of nitrogens with zero attached hydrogens (tertiary/aromatic N) is 3. The third-order valence-electron chi connectivity index (χ3n) is 3.88. The summed E-state index contributed by atoms with van der Waals surface area (Å²) >= 11 is 0. The Kier molecular flexibility index (Phi) is 4.90. The predicted molar refractivity (Wildman–Crippen MR) is 91.5 cm³/mol. The normalized spacial score (nSPS) is 11.8. The number of aromatic nitrogens is 3. The first kappa shape index (κ1) is 18.1. The van der Waals surface area contributed by atoms with E-state index < -0.39 is 29.1 Å². The molecule has 27 heavy (non-hydrogen) atoms. The molecule has 2 aromatic heterocycles. The van der Waals surface area contributed by atoms with Gasteiger partial charge >= 0.3 is 0 Å². The Labute approximate surface area is 151 Å². The number of rotatable bonds is 4. The fourth-order valence-electron chi connectivity index (χ4n) is 2.53. The molecule has 0 unspecified atom stereocenters. The second-order valence-corrected chi connectivity index (χ2v) is 5.88. The Bertz CT molecular complexity index is 1120. The molecule has 0 saturated heterocycles. The van der Waals surface area contributed by atoms with Crippen molar-refractivity contribution in [2.45, 2.75) is 19.4 Å². The highest BCUT2D eigenvalue weighted by Crippen LogP contribution is 2.16. The van der Waals surface area contributed by atoms with Crippen LogP contribution in [-0.4, -0.2) is 20.9 Å². The first-order valence-electron chi connectivity index (χ1n) is 7.89. The Balaban J connectivity index is 1.77. The third-order valence-corrected chi connectivity index (χ3v) is 3.88. The number of benzene rings is 1. The van der Waals surface area contributed by atoms with Crippen LogP contribution in [0.2, 0.25) is 0 Å². The van der Waals surface area contributed by atoms with E-state index in [9.17, 15) is 18.4 Å². The molecule has 0 saturated carbocycles. The fraction of sp³-hybridized carbons (Fsp3) is 0.167. The number of halogens is 2. The van der Waals surface area contributed by atoms with Crippen molar-refractivity contribution in [2.24, 2.45) is 0 Å². The molecule has 0 bridgehead atoms. The topological polar surface area (TPSA) is 112 Å². The van der Waals surface area contributed by atoms with E-state index in [1.165, 1.54) is 18.5 Å². The Morgan fingerprint density at radius 3 is 2.59 bits per heavy atom. The standard InChI is InChI=1S/C18H13F2N5O2/c1-9(17-22-7-10(6-21)8-23-17)24-16(26)4-12-2-11-3-13(19)14(20)5-15(11)25-18(12)27/h2-3,5,7-9H,4H2,1H3,(H,24,26)(H,25,27)/t9-/m0/s1. The molecule has 9 heteroatoms. The summed E-state index contributed by atoms with van der Waals surface area (Å²) in [4.78, 5) is 34.7. The summed E-state index contributed by atoms with van der Waals surface area (Å²) in [6.45, 7) is 1.65. The van der Waals surface area contributed by atoms with Crippen LogP contribution >= 0.6 is 0 Å². The molecule has 3 aromatic rings. The first-order chi connectivity index (χ1) is 12.9. The minimum absolute atomic E-state index is 0.110. The van der Waals surface area contributed by atoms with Crippen molar-refractivity contribution in [3.05, 3.63) is 69.5 Å². The van der Waals surface area contributed by atoms with Crippen molar-refractivity contribution in [2.75, 3.05) is 0 Å². The minimum Gasteiger partial charge on any atom is -0.346 e. The molecular weight excluding hydrogens is 356 g/mol. The largest absolute Gasteiger partial charge is 0.346 e. The lowest BCUT2D eigenvalue weighted by atomic mass is 10.1. The van der Waals surface area contributed by atoms with Gasteiger partial charge in [0, 0.05) is 29.4 Å². The van der Waals surface area contributed by atoms with E-state index in [2.05, 4.69) is 20.3 Å². The Hall–Kier alpha value is -3.67. The zero-order valence-corrected chi connectivity index (χ0v) is 14.1. The highest BCUT2D eigenvalue weighted by Gasteiger charge is 2.15. The SMILES string of the molecule is C[C@H](NC(=O)Cc1cc2cc(F)c(F)cc2[nH]c1=O)c1ncc(C#N)cn1. The van der Waals surface area contributed by atoms with Crippen LogP contribution in [-0.2, 0) is 11.2 Å². The quantitative estimate of drug-likeness (QED) is 0.729. The maximum atomic E-state index is 13.4. The molecule has 0 aliphatic rings. The predicted octanol–water partition coefficient (Wildman–Crippen LogP) is 1.89. The highest BCUT2D eigenvalue weighted by molar-refractivity contribution is 5.82. The number of pyridine rings is 1. The number of nitriles is 1. The van der Waals surface area contributed by atoms with Crippen LogP contribution in [0.4, 0.5) is 8.78 Å². The summed E-state index contributed by atoms with van der Waals surface area (Å²) < 4.78 is 26.6. The molecule has 2 N–H and O–H groups in total. The van der Waals surface area contributed by atoms with E-state index in [4.69, 9.17) is 5.26 Å². The summed E-state index contributed by atoms with van der Waals surface area (Å²) in [5, 5.41) is 11.7. The number of hydrogen-bond donors (Lipinski definition) is 2. The van der Waals surface area contributed by atoms with Gasteiger partial charge in [-0.2, -0.15) is 5.26 Å². The van der Waals surface area contributed by atoms with Crippen molar-refractivity contribution in [1.82, 2.24) is 20.3 Å². The number of carbonyl (C=O) groups is 1. The van der Waals surface area contributed by atoms with Gasteiger partial charge in [0.1, 0.15) is 11.9 Å². The van der Waals surface area contributed by atoms with E-state index in [-0.39, 0.29) is 22.9 Å². The molecular formula is C18H13F2N5O2. The van der Waals surface area contributed by atoms with Gasteiger partial charge in [-0.05, 0) is 19.1 Å². The molecule has 1 aromatic carbocycles. The van der Waals surface area contributed by atoms with E-state index in [1.807, 2.05) is 6.07 Å². The van der Waals surface area contributed by atoms with Gasteiger partial charge in [0.05, 0.1) is 23.5 Å². The van der Waals surface area contributed by atoms with Crippen LogP contribution < -0.4 is 10.9 Å². The average Bonchev–Trinajstić information content (AvgIpc) is 2.64. The van der Waals surface area contributed by atoms with Gasteiger partial charge in [-0.1, -0.05) is 0 Å². The number of nitrogens with one attached hydrogen (secondary N) is 2. The number of aromatic amines is 1. The van der Waals surface area contributed by atoms with Gasteiger partial charge in [0.15, 0.2) is 11.6 Å². The van der Waals surface area contributed by atoms with Crippen LogP contribution in [0.1, 0.15) is 29.9 Å². The Morgan fingerprint density at radius 1 is 1.26 bits per heavy atom. The van der Waals surface area contributed by atoms with Crippen LogP contribution in [0, 0.1) is 23.0 Å². The number of hydrogen-bond acceptors (Lipinski definition) is 5. The fourth-order valence-corrected chi connectivity index (χ4v) is 2.53. The van der Waals surface area contributed by atoms with Crippen molar-refractivity contribution in [1.29, 1.82) is 5.26 Å². The maximum Gasteiger partial charge on any atom is 0.252 e. The van der Waals surface area contributed by atoms with Gasteiger partial charge in [0.2, 0.25) is 5.91 Å². The number of amides is 1. The molecule has 0 spiro atoms. The third kappa shape index (κ3) is 3.95. The molecule has 136 valence electrons. The lowest BCUT2D eigenvalue weighted by Gasteiger charge is -2.12. The van der Waals surface area contributed by atoms with Crippen LogP contribution in [0.25, 0.3) is 10.9 Å². The summed E-state index contributed by atoms with van der Waals surface area (Å²) in [5.41, 5.74) is -0.0176. The number of fused-ring (bicyclic) bond motifs is 1. The second kappa shape index (κ2) is 7.29. The van der Waals surface area contributed by atoms with Crippen molar-refractivity contribution in [3.8, 4) is 6.07 Å². The van der Waals surface area contributed by atoms with Gasteiger partial charge < -0.3 is 10.3 Å². The lowest BCUT2D eigenvalue weighted by Crippen LogP contribution is -2.31. The summed E-state index contributed by atoms with van der Waals surface area (Å²) in [7, 11) is 0. The van der Waals surface area contributed by atoms with Crippen LogP contribution in [0.3, 0.4) is 0 Å². The van der Waals surface area contributed by atoms with Crippen LogP contribution in [0.15, 0.2) is 35.4 Å². The lowest BCUT2D eigenvalue weighted by molar-refractivity contribution is -0.121. The van der Waals surface area contributed by atoms with Gasteiger partial charge in [-0.25, -0.2) is 18.7 Å². The molecule has 1 amide bonds. The second-order valence-electron chi connectivity index (χ2n) is 5.88. The van der Waals surface area contributed by atoms with Gasteiger partial charge in [-0.3, -0.25) is 9.59 Å². The summed E-state index contributed by atoms with van der Waals surface area (Å²) in [5.74, 6) is -2.27. The molecule has 0 fully saturated rings. The minimum atomic E-state index is -1.07. The van der Waals surface area contributed by atoms with Crippen molar-refractivity contribution >= 4 is 16.8 Å². The number of H-pyrrole nitrogens is 1. The van der Waals surface area contributed by atoms with Crippen LogP contribution in [0.5, 0.6) is 0 Å². The van der Waals surface area contributed by atoms with Crippen molar-refractivity contribution in [3.63, 3.8) is 0 Å². The molecule has 1 atom stereocenters. The Morgan fingerprint density at radius 2 is 1.93 bits per heavy atom. The average molecular weight is 369 g/mol. The first-order valence-corrected chi connectivity index (χ1v) is 7.89. The molecule has 0 aliphatic carbocycles. The van der Waals surface area contributed by atoms with E-state index in [1.54, 1.807) is 6.92 Å². The smallest absolute Gasteiger partial charge is 0.252 e. The molecule has 2 heterocycles. The molecule has 3 rings (SSSR count). The van der Waals surface area contributed by atoms with E-state index in [0.29, 0.717) is 11.4 Å². The van der Waals surface area contributed by atoms with E-state index in [0.717, 1.165) is 12.1 Å². The molecule has 7 nitrogen and oxygen atoms in total. The number of carbonyl (C=O) groups excluding carboxylic acids is 1. The van der Waals surface area contributed by atoms with Crippen molar-refractivity contribution < 1.29 is 13.6 Å². The molecule has 0 aliphatic heterocycles. The summed E-state index contributed by atoms with van der Waals surface area (Å²) in [6, 6.07) is 4.54. The van der Waals surface area contributed by atoms with Gasteiger partial charge in [-0.15, -0.1) is 0 Å². The van der Waals surface area contributed by atoms with E-state index >= 15 is 0 Å². The summed E-state index contributed by atoms with van der Waals surface area (Å²) in [6.07, 6.45) is 2.42. The zero-order valence-electron chi connectivity index (χ0n) is 14.1.